The molecule has 0 spiro atoms. The molecule has 1 fully saturated rings. The number of aliphatic carboxylic acids is 1. The maximum Gasteiger partial charge on any atom is 0.320 e. The van der Waals surface area contributed by atoms with E-state index in [0.717, 1.165) is 16.3 Å². The number of carboxylic acids is 1. The zero-order valence-electron chi connectivity index (χ0n) is 11.0. The molecule has 1 saturated heterocycles. The van der Waals surface area contributed by atoms with Gasteiger partial charge >= 0.3 is 5.97 Å². The van der Waals surface area contributed by atoms with Gasteiger partial charge in [-0.25, -0.2) is 0 Å². The molecule has 1 aliphatic heterocycles. The number of aliphatic hydroxyl groups is 1. The first-order valence-corrected chi connectivity index (χ1v) is 6.79. The predicted molar refractivity (Wildman–Crippen MR) is 76.5 cm³/mol. The number of rotatable bonds is 2. The second-order valence-corrected chi connectivity index (χ2v) is 5.34. The molecule has 3 rings (SSSR count). The Balaban J connectivity index is 1.91. The minimum absolute atomic E-state index is 0.121. The molecule has 2 aromatic rings. The summed E-state index contributed by atoms with van der Waals surface area (Å²) in [7, 11) is 0. The Morgan fingerprint density at radius 1 is 1.10 bits per heavy atom. The van der Waals surface area contributed by atoms with Crippen LogP contribution in [-0.4, -0.2) is 28.3 Å². The largest absolute Gasteiger partial charge is 0.480 e. The van der Waals surface area contributed by atoms with Gasteiger partial charge in [-0.1, -0.05) is 36.4 Å². The van der Waals surface area contributed by atoms with E-state index >= 15 is 0 Å². The summed E-state index contributed by atoms with van der Waals surface area (Å²) in [5, 5.41) is 24.4. The fourth-order valence-corrected chi connectivity index (χ4v) is 2.85. The van der Waals surface area contributed by atoms with Gasteiger partial charge in [0, 0.05) is 6.04 Å². The zero-order chi connectivity index (χ0) is 14.1. The standard InChI is InChI=1S/C16H17NO3/c18-13-8-14(17-15(9-13)16(19)20)12-6-5-10-3-1-2-4-11(10)7-12/h1-7,13-15,17-18H,8-9H2,(H,19,20)/t13-,14-,15+/m1/s1. The van der Waals surface area contributed by atoms with E-state index in [4.69, 9.17) is 5.11 Å². The first-order chi connectivity index (χ1) is 9.63. The van der Waals surface area contributed by atoms with E-state index in [1.807, 2.05) is 36.4 Å². The number of carbonyl (C=O) groups is 1. The average molecular weight is 271 g/mol. The number of nitrogens with one attached hydrogen (secondary N) is 1. The third-order valence-corrected chi connectivity index (χ3v) is 3.89. The van der Waals surface area contributed by atoms with Crippen molar-refractivity contribution in [3.05, 3.63) is 48.0 Å². The molecule has 0 aromatic heterocycles. The number of hydrogen-bond donors (Lipinski definition) is 3. The molecule has 0 unspecified atom stereocenters. The fraction of sp³-hybridized carbons (Fsp3) is 0.312. The van der Waals surface area contributed by atoms with Gasteiger partial charge in [-0.15, -0.1) is 0 Å². The van der Waals surface area contributed by atoms with Gasteiger partial charge in [0.25, 0.3) is 0 Å². The van der Waals surface area contributed by atoms with Crippen LogP contribution in [0.25, 0.3) is 10.8 Å². The molecule has 104 valence electrons. The van der Waals surface area contributed by atoms with Crippen LogP contribution in [0.4, 0.5) is 0 Å². The minimum Gasteiger partial charge on any atom is -0.480 e. The lowest BCUT2D eigenvalue weighted by Crippen LogP contribution is -2.47. The van der Waals surface area contributed by atoms with Crippen LogP contribution in [0.15, 0.2) is 42.5 Å². The number of piperidine rings is 1. The lowest BCUT2D eigenvalue weighted by molar-refractivity contribution is -0.141. The van der Waals surface area contributed by atoms with Crippen molar-refractivity contribution >= 4 is 16.7 Å². The summed E-state index contributed by atoms with van der Waals surface area (Å²) < 4.78 is 0. The Morgan fingerprint density at radius 2 is 1.85 bits per heavy atom. The molecule has 1 aliphatic rings. The van der Waals surface area contributed by atoms with Gasteiger partial charge in [0.05, 0.1) is 6.10 Å². The Bertz CT molecular complexity index is 640. The highest BCUT2D eigenvalue weighted by Crippen LogP contribution is 2.28. The summed E-state index contributed by atoms with van der Waals surface area (Å²) >= 11 is 0. The zero-order valence-corrected chi connectivity index (χ0v) is 11.0. The molecule has 0 radical (unpaired) electrons. The van der Waals surface area contributed by atoms with E-state index in [9.17, 15) is 9.90 Å². The summed E-state index contributed by atoms with van der Waals surface area (Å²) in [6, 6.07) is 13.3. The van der Waals surface area contributed by atoms with Crippen LogP contribution in [0.5, 0.6) is 0 Å². The molecule has 4 nitrogen and oxygen atoms in total. The van der Waals surface area contributed by atoms with Gasteiger partial charge in [0.1, 0.15) is 6.04 Å². The second-order valence-electron chi connectivity index (χ2n) is 5.34. The van der Waals surface area contributed by atoms with E-state index < -0.39 is 18.1 Å². The van der Waals surface area contributed by atoms with Crippen molar-refractivity contribution < 1.29 is 15.0 Å². The molecular formula is C16H17NO3. The van der Waals surface area contributed by atoms with Crippen LogP contribution in [0.1, 0.15) is 24.4 Å². The molecule has 3 N–H and O–H groups in total. The minimum atomic E-state index is -0.908. The molecule has 0 bridgehead atoms. The van der Waals surface area contributed by atoms with Gasteiger partial charge in [-0.05, 0) is 35.2 Å². The number of fused-ring (bicyclic) bond motifs is 1. The van der Waals surface area contributed by atoms with E-state index in [2.05, 4.69) is 11.4 Å². The SMILES string of the molecule is O=C(O)[C@@H]1C[C@H](O)C[C@H](c2ccc3ccccc3c2)N1. The van der Waals surface area contributed by atoms with Gasteiger partial charge < -0.3 is 10.2 Å². The summed E-state index contributed by atoms with van der Waals surface area (Å²) in [4.78, 5) is 11.1. The van der Waals surface area contributed by atoms with Crippen LogP contribution in [0.2, 0.25) is 0 Å². The highest BCUT2D eigenvalue weighted by molar-refractivity contribution is 5.83. The van der Waals surface area contributed by atoms with Crippen LogP contribution >= 0.6 is 0 Å². The van der Waals surface area contributed by atoms with Gasteiger partial charge in [-0.2, -0.15) is 0 Å². The maximum absolute atomic E-state index is 11.1. The third kappa shape index (κ3) is 2.53. The first-order valence-electron chi connectivity index (χ1n) is 6.79. The van der Waals surface area contributed by atoms with Crippen molar-refractivity contribution in [1.82, 2.24) is 5.32 Å². The van der Waals surface area contributed by atoms with Crippen molar-refractivity contribution in [2.24, 2.45) is 0 Å². The van der Waals surface area contributed by atoms with Crippen molar-refractivity contribution in [2.45, 2.75) is 31.0 Å². The smallest absolute Gasteiger partial charge is 0.320 e. The lowest BCUT2D eigenvalue weighted by atomic mass is 9.90. The fourth-order valence-electron chi connectivity index (χ4n) is 2.85. The summed E-state index contributed by atoms with van der Waals surface area (Å²) in [6.45, 7) is 0. The third-order valence-electron chi connectivity index (χ3n) is 3.89. The normalized spacial score (nSPS) is 26.6. The Kier molecular flexibility index (Phi) is 3.42. The van der Waals surface area contributed by atoms with Crippen LogP contribution < -0.4 is 5.32 Å². The van der Waals surface area contributed by atoms with Crippen LogP contribution in [0.3, 0.4) is 0 Å². The van der Waals surface area contributed by atoms with Crippen LogP contribution in [0, 0.1) is 0 Å². The summed E-state index contributed by atoms with van der Waals surface area (Å²) in [5.41, 5.74) is 1.02. The number of benzene rings is 2. The highest BCUT2D eigenvalue weighted by atomic mass is 16.4. The molecule has 1 heterocycles. The molecule has 20 heavy (non-hydrogen) atoms. The van der Waals surface area contributed by atoms with Gasteiger partial charge in [0.15, 0.2) is 0 Å². The molecule has 4 heteroatoms. The number of aliphatic hydroxyl groups excluding tert-OH is 1. The van der Waals surface area contributed by atoms with E-state index in [-0.39, 0.29) is 12.5 Å². The molecule has 2 aromatic carbocycles. The monoisotopic (exact) mass is 271 g/mol. The molecule has 3 atom stereocenters. The van der Waals surface area contributed by atoms with Crippen molar-refractivity contribution in [3.63, 3.8) is 0 Å². The van der Waals surface area contributed by atoms with Crippen LogP contribution in [-0.2, 0) is 4.79 Å². The predicted octanol–water partition coefficient (Wildman–Crippen LogP) is 2.08. The molecular weight excluding hydrogens is 254 g/mol. The van der Waals surface area contributed by atoms with E-state index in [1.54, 1.807) is 0 Å². The average Bonchev–Trinajstić information content (AvgIpc) is 2.46. The van der Waals surface area contributed by atoms with Crippen molar-refractivity contribution in [2.75, 3.05) is 0 Å². The van der Waals surface area contributed by atoms with Gasteiger partial charge in [-0.3, -0.25) is 10.1 Å². The number of carboxylic acid groups (broad SMARTS) is 1. The Labute approximate surface area is 117 Å². The van der Waals surface area contributed by atoms with Crippen molar-refractivity contribution in [3.8, 4) is 0 Å². The second kappa shape index (κ2) is 5.23. The number of hydrogen-bond acceptors (Lipinski definition) is 3. The summed E-state index contributed by atoms with van der Waals surface area (Å²) in [6.07, 6.45) is 0.232. The first kappa shape index (κ1) is 13.1. The Morgan fingerprint density at radius 3 is 2.60 bits per heavy atom. The maximum atomic E-state index is 11.1. The van der Waals surface area contributed by atoms with E-state index in [1.165, 1.54) is 0 Å². The Hall–Kier alpha value is -1.91. The lowest BCUT2D eigenvalue weighted by Gasteiger charge is -2.32. The van der Waals surface area contributed by atoms with E-state index in [0.29, 0.717) is 6.42 Å². The molecule has 0 amide bonds. The quantitative estimate of drug-likeness (QED) is 0.782. The highest BCUT2D eigenvalue weighted by Gasteiger charge is 2.31. The molecule has 0 aliphatic carbocycles. The molecule has 0 saturated carbocycles. The summed E-state index contributed by atoms with van der Waals surface area (Å²) in [5.74, 6) is -0.908. The topological polar surface area (TPSA) is 69.6 Å². The van der Waals surface area contributed by atoms with Gasteiger partial charge in [0.2, 0.25) is 0 Å². The van der Waals surface area contributed by atoms with Crippen molar-refractivity contribution in [1.29, 1.82) is 0 Å².